The van der Waals surface area contributed by atoms with Crippen LogP contribution < -0.4 is 5.32 Å². The van der Waals surface area contributed by atoms with Crippen molar-refractivity contribution in [3.8, 4) is 0 Å². The largest absolute Gasteiger partial charge is 0.308 e. The van der Waals surface area contributed by atoms with E-state index in [1.165, 1.54) is 24.7 Å². The third-order valence-electron chi connectivity index (χ3n) is 2.67. The van der Waals surface area contributed by atoms with E-state index >= 15 is 0 Å². The minimum atomic E-state index is 0.312. The Morgan fingerprint density at radius 2 is 2.12 bits per heavy atom. The maximum absolute atomic E-state index is 3.61. The summed E-state index contributed by atoms with van der Waals surface area (Å²) in [6.45, 7) is 4.35. The molecule has 2 rings (SSSR count). The number of nitrogens with one attached hydrogen (secondary N) is 1. The summed E-state index contributed by atoms with van der Waals surface area (Å²) in [6.07, 6.45) is 0. The molecule has 4 heteroatoms. The molecular weight excluding hydrogens is 302 g/mol. The van der Waals surface area contributed by atoms with E-state index in [9.17, 15) is 0 Å². The minimum absolute atomic E-state index is 0.312. The molecule has 2 heterocycles. The summed E-state index contributed by atoms with van der Waals surface area (Å²) >= 11 is 7.27. The van der Waals surface area contributed by atoms with Crippen LogP contribution in [-0.4, -0.2) is 7.05 Å². The second-order valence-electron chi connectivity index (χ2n) is 3.74. The Hall–Kier alpha value is -0.160. The first-order valence-corrected chi connectivity index (χ1v) is 7.59. The van der Waals surface area contributed by atoms with Gasteiger partial charge in [0, 0.05) is 19.1 Å². The van der Waals surface area contributed by atoms with Crippen LogP contribution in [0.5, 0.6) is 0 Å². The molecule has 1 atom stereocenters. The van der Waals surface area contributed by atoms with Crippen molar-refractivity contribution in [1.82, 2.24) is 5.32 Å². The molecule has 16 heavy (non-hydrogen) atoms. The Kier molecular flexibility index (Phi) is 3.85. The fraction of sp³-hybridized carbons (Fsp3) is 0.333. The van der Waals surface area contributed by atoms with Gasteiger partial charge in [-0.3, -0.25) is 0 Å². The molecule has 0 amide bonds. The van der Waals surface area contributed by atoms with E-state index in [0.717, 1.165) is 0 Å². The zero-order valence-corrected chi connectivity index (χ0v) is 12.7. The molecule has 1 unspecified atom stereocenters. The Labute approximate surface area is 113 Å². The van der Waals surface area contributed by atoms with Crippen LogP contribution >= 0.6 is 38.6 Å². The Bertz CT molecular complexity index is 467. The SMILES string of the molecule is CNC(c1cc(C)c(C)s1)c1sccc1Br. The van der Waals surface area contributed by atoms with Crippen molar-refractivity contribution in [1.29, 1.82) is 0 Å². The highest BCUT2D eigenvalue weighted by Gasteiger charge is 2.18. The number of hydrogen-bond donors (Lipinski definition) is 1. The van der Waals surface area contributed by atoms with E-state index in [2.05, 4.69) is 52.6 Å². The second kappa shape index (κ2) is 5.00. The Morgan fingerprint density at radius 3 is 2.56 bits per heavy atom. The number of rotatable bonds is 3. The van der Waals surface area contributed by atoms with Gasteiger partial charge in [-0.25, -0.2) is 0 Å². The van der Waals surface area contributed by atoms with Crippen molar-refractivity contribution in [2.24, 2.45) is 0 Å². The lowest BCUT2D eigenvalue weighted by Crippen LogP contribution is -2.15. The zero-order chi connectivity index (χ0) is 11.7. The molecule has 0 aromatic carbocycles. The fourth-order valence-corrected chi connectivity index (χ4v) is 4.62. The van der Waals surface area contributed by atoms with Gasteiger partial charge in [-0.15, -0.1) is 22.7 Å². The van der Waals surface area contributed by atoms with E-state index in [0.29, 0.717) is 6.04 Å². The summed E-state index contributed by atoms with van der Waals surface area (Å²) in [7, 11) is 2.02. The molecule has 0 radical (unpaired) electrons. The molecule has 0 bridgehead atoms. The maximum Gasteiger partial charge on any atom is 0.0774 e. The predicted octanol–water partition coefficient (Wildman–Crippen LogP) is 4.50. The van der Waals surface area contributed by atoms with Crippen LogP contribution in [0.15, 0.2) is 22.0 Å². The van der Waals surface area contributed by atoms with E-state index in [-0.39, 0.29) is 0 Å². The summed E-state index contributed by atoms with van der Waals surface area (Å²) < 4.78 is 1.19. The van der Waals surface area contributed by atoms with Gasteiger partial charge >= 0.3 is 0 Å². The monoisotopic (exact) mass is 315 g/mol. The highest BCUT2D eigenvalue weighted by atomic mass is 79.9. The van der Waals surface area contributed by atoms with Gasteiger partial charge in [0.15, 0.2) is 0 Å². The zero-order valence-electron chi connectivity index (χ0n) is 9.50. The highest BCUT2D eigenvalue weighted by Crippen LogP contribution is 2.36. The van der Waals surface area contributed by atoms with Gasteiger partial charge in [0.2, 0.25) is 0 Å². The average molecular weight is 316 g/mol. The van der Waals surface area contributed by atoms with Crippen molar-refractivity contribution in [2.45, 2.75) is 19.9 Å². The number of hydrogen-bond acceptors (Lipinski definition) is 3. The van der Waals surface area contributed by atoms with Gasteiger partial charge in [-0.2, -0.15) is 0 Å². The Morgan fingerprint density at radius 1 is 1.38 bits per heavy atom. The molecule has 2 aromatic rings. The molecule has 1 nitrogen and oxygen atoms in total. The van der Waals surface area contributed by atoms with Crippen molar-refractivity contribution >= 4 is 38.6 Å². The maximum atomic E-state index is 3.61. The van der Waals surface area contributed by atoms with Gasteiger partial charge in [0.25, 0.3) is 0 Å². The molecular formula is C12H14BrNS2. The second-order valence-corrected chi connectivity index (χ2v) is 6.83. The van der Waals surface area contributed by atoms with Crippen LogP contribution in [0.4, 0.5) is 0 Å². The molecule has 0 aliphatic carbocycles. The molecule has 86 valence electrons. The van der Waals surface area contributed by atoms with Crippen LogP contribution in [0.2, 0.25) is 0 Å². The van der Waals surface area contributed by atoms with E-state index in [1.54, 1.807) is 11.3 Å². The van der Waals surface area contributed by atoms with Crippen LogP contribution in [0.25, 0.3) is 0 Å². The van der Waals surface area contributed by atoms with E-state index in [4.69, 9.17) is 0 Å². The Balaban J connectivity index is 2.40. The summed E-state index contributed by atoms with van der Waals surface area (Å²) in [5.74, 6) is 0. The first-order valence-electron chi connectivity index (χ1n) is 5.10. The lowest BCUT2D eigenvalue weighted by Gasteiger charge is -2.13. The van der Waals surface area contributed by atoms with Crippen molar-refractivity contribution in [2.75, 3.05) is 7.05 Å². The normalized spacial score (nSPS) is 13.0. The van der Waals surface area contributed by atoms with Crippen LogP contribution in [0, 0.1) is 13.8 Å². The highest BCUT2D eigenvalue weighted by molar-refractivity contribution is 9.10. The smallest absolute Gasteiger partial charge is 0.0774 e. The van der Waals surface area contributed by atoms with Gasteiger partial charge in [-0.05, 0) is 59.9 Å². The quantitative estimate of drug-likeness (QED) is 0.879. The van der Waals surface area contributed by atoms with Gasteiger partial charge in [0.05, 0.1) is 6.04 Å². The van der Waals surface area contributed by atoms with Gasteiger partial charge in [-0.1, -0.05) is 0 Å². The third kappa shape index (κ3) is 2.25. The summed E-state index contributed by atoms with van der Waals surface area (Å²) in [6, 6.07) is 4.71. The number of thiophene rings is 2. The molecule has 0 aliphatic rings. The molecule has 0 fully saturated rings. The molecule has 2 aromatic heterocycles. The summed E-state index contributed by atoms with van der Waals surface area (Å²) in [5, 5.41) is 5.52. The average Bonchev–Trinajstić information content (AvgIpc) is 2.78. The molecule has 0 saturated heterocycles. The summed E-state index contributed by atoms with van der Waals surface area (Å²) in [4.78, 5) is 4.15. The van der Waals surface area contributed by atoms with Crippen LogP contribution in [0.1, 0.15) is 26.2 Å². The number of aryl methyl sites for hydroxylation is 2. The predicted molar refractivity (Wildman–Crippen MR) is 76.7 cm³/mol. The fourth-order valence-electron chi connectivity index (χ4n) is 1.66. The van der Waals surface area contributed by atoms with Gasteiger partial charge < -0.3 is 5.32 Å². The van der Waals surface area contributed by atoms with Crippen LogP contribution in [0.3, 0.4) is 0 Å². The van der Waals surface area contributed by atoms with E-state index in [1.807, 2.05) is 18.4 Å². The molecule has 0 saturated carbocycles. The van der Waals surface area contributed by atoms with Crippen LogP contribution in [-0.2, 0) is 0 Å². The number of halogens is 1. The lowest BCUT2D eigenvalue weighted by atomic mass is 10.2. The van der Waals surface area contributed by atoms with Gasteiger partial charge in [0.1, 0.15) is 0 Å². The molecule has 1 N–H and O–H groups in total. The first kappa shape index (κ1) is 12.3. The third-order valence-corrected chi connectivity index (χ3v) is 5.82. The topological polar surface area (TPSA) is 12.0 Å². The minimum Gasteiger partial charge on any atom is -0.308 e. The van der Waals surface area contributed by atoms with Crippen molar-refractivity contribution < 1.29 is 0 Å². The lowest BCUT2D eigenvalue weighted by molar-refractivity contribution is 0.713. The molecule has 0 aliphatic heterocycles. The first-order chi connectivity index (χ1) is 7.63. The summed E-state index contributed by atoms with van der Waals surface area (Å²) in [5.41, 5.74) is 1.38. The van der Waals surface area contributed by atoms with Crippen molar-refractivity contribution in [3.05, 3.63) is 42.2 Å². The van der Waals surface area contributed by atoms with Crippen molar-refractivity contribution in [3.63, 3.8) is 0 Å². The molecule has 0 spiro atoms. The van der Waals surface area contributed by atoms with E-state index < -0.39 is 0 Å². The standard InChI is InChI=1S/C12H14BrNS2/c1-7-6-10(16-8(7)2)11(14-3)12-9(13)4-5-15-12/h4-6,11,14H,1-3H3.